The summed E-state index contributed by atoms with van der Waals surface area (Å²) in [6.07, 6.45) is 8.08. The van der Waals surface area contributed by atoms with Crippen molar-refractivity contribution >= 4 is 35.6 Å². The van der Waals surface area contributed by atoms with Crippen molar-refractivity contribution in [2.75, 3.05) is 25.6 Å². The van der Waals surface area contributed by atoms with Gasteiger partial charge in [0.1, 0.15) is 0 Å². The molecule has 1 aromatic heterocycles. The maximum Gasteiger partial charge on any atom is 0.195 e. The summed E-state index contributed by atoms with van der Waals surface area (Å²) in [5.41, 5.74) is 1.92. The molecular formula is C20H28IN5O2. The Kier molecular flexibility index (Phi) is 7.41. The summed E-state index contributed by atoms with van der Waals surface area (Å²) < 4.78 is 13.5. The molecule has 0 atom stereocenters. The summed E-state index contributed by atoms with van der Waals surface area (Å²) in [4.78, 5) is 4.30. The molecule has 0 unspecified atom stereocenters. The Hall–Kier alpha value is -1.97. The lowest BCUT2D eigenvalue weighted by atomic mass is 10.3. The van der Waals surface area contributed by atoms with Crippen LogP contribution in [0.25, 0.3) is 0 Å². The molecule has 2 heterocycles. The van der Waals surface area contributed by atoms with E-state index in [0.29, 0.717) is 31.8 Å². The minimum Gasteiger partial charge on any atom is -0.490 e. The lowest BCUT2D eigenvalue weighted by molar-refractivity contribution is 0.297. The fourth-order valence-electron chi connectivity index (χ4n) is 3.58. The van der Waals surface area contributed by atoms with Gasteiger partial charge in [-0.3, -0.25) is 9.67 Å². The lowest BCUT2D eigenvalue weighted by Gasteiger charge is -2.13. The van der Waals surface area contributed by atoms with E-state index < -0.39 is 0 Å². The maximum absolute atomic E-state index is 5.75. The smallest absolute Gasteiger partial charge is 0.195 e. The molecule has 2 aliphatic rings. The number of nitrogens with zero attached hydrogens (tertiary/aromatic N) is 3. The zero-order valence-corrected chi connectivity index (χ0v) is 18.5. The first-order chi connectivity index (χ1) is 13.3. The van der Waals surface area contributed by atoms with Crippen LogP contribution in [0.5, 0.6) is 11.5 Å². The summed E-state index contributed by atoms with van der Waals surface area (Å²) in [7, 11) is 1.76. The average Bonchev–Trinajstić information content (AvgIpc) is 3.33. The molecule has 0 radical (unpaired) electrons. The molecule has 1 aliphatic carbocycles. The van der Waals surface area contributed by atoms with E-state index in [1.807, 2.05) is 18.2 Å². The number of guanidine groups is 1. The topological polar surface area (TPSA) is 72.7 Å². The first-order valence-electron chi connectivity index (χ1n) is 9.73. The van der Waals surface area contributed by atoms with Gasteiger partial charge in [-0.15, -0.1) is 24.0 Å². The second kappa shape index (κ2) is 9.99. The molecule has 8 heteroatoms. The predicted octanol–water partition coefficient (Wildman–Crippen LogP) is 3.97. The Morgan fingerprint density at radius 3 is 2.71 bits per heavy atom. The van der Waals surface area contributed by atoms with Crippen LogP contribution in [-0.2, 0) is 6.54 Å². The third kappa shape index (κ3) is 5.09. The largest absolute Gasteiger partial charge is 0.490 e. The standard InChI is InChI=1S/C20H27N5O2.HI/c1-21-20(22-14-16-9-10-25(24-16)17-5-2-3-6-17)23-15-7-8-18-19(13-15)27-12-4-11-26-18;/h7-10,13,17H,2-6,11-12,14H2,1H3,(H2,21,22,23);1H. The summed E-state index contributed by atoms with van der Waals surface area (Å²) in [5, 5.41) is 11.3. The Balaban J connectivity index is 0.00000225. The monoisotopic (exact) mass is 497 g/mol. The lowest BCUT2D eigenvalue weighted by Crippen LogP contribution is -2.30. The molecule has 1 fully saturated rings. The number of fused-ring (bicyclic) bond motifs is 1. The van der Waals surface area contributed by atoms with Crippen molar-refractivity contribution in [1.29, 1.82) is 0 Å². The third-order valence-electron chi connectivity index (χ3n) is 5.03. The van der Waals surface area contributed by atoms with E-state index in [4.69, 9.17) is 14.6 Å². The molecule has 0 amide bonds. The van der Waals surface area contributed by atoms with E-state index in [1.54, 1.807) is 7.05 Å². The second-order valence-corrected chi connectivity index (χ2v) is 6.99. The van der Waals surface area contributed by atoms with Crippen LogP contribution in [0, 0.1) is 0 Å². The van der Waals surface area contributed by atoms with Gasteiger partial charge in [-0.1, -0.05) is 12.8 Å². The zero-order chi connectivity index (χ0) is 18.5. The van der Waals surface area contributed by atoms with Crippen LogP contribution in [0.15, 0.2) is 35.5 Å². The SMILES string of the molecule is CN=C(NCc1ccn(C2CCCC2)n1)Nc1ccc2c(c1)OCCCO2.I. The molecule has 28 heavy (non-hydrogen) atoms. The van der Waals surface area contributed by atoms with Gasteiger partial charge in [0.25, 0.3) is 0 Å². The van der Waals surface area contributed by atoms with Crippen molar-refractivity contribution in [3.63, 3.8) is 0 Å². The fourth-order valence-corrected chi connectivity index (χ4v) is 3.58. The Morgan fingerprint density at radius 2 is 1.93 bits per heavy atom. The van der Waals surface area contributed by atoms with Crippen molar-refractivity contribution in [3.8, 4) is 11.5 Å². The van der Waals surface area contributed by atoms with Crippen LogP contribution >= 0.6 is 24.0 Å². The van der Waals surface area contributed by atoms with Crippen LogP contribution in [0.3, 0.4) is 0 Å². The van der Waals surface area contributed by atoms with Gasteiger partial charge in [0, 0.05) is 31.4 Å². The Labute approximate surface area is 182 Å². The number of aliphatic imine (C=N–C) groups is 1. The van der Waals surface area contributed by atoms with Gasteiger partial charge in [0.15, 0.2) is 17.5 Å². The van der Waals surface area contributed by atoms with E-state index in [9.17, 15) is 0 Å². The normalized spacial score (nSPS) is 17.0. The van der Waals surface area contributed by atoms with E-state index >= 15 is 0 Å². The van der Waals surface area contributed by atoms with Crippen LogP contribution in [-0.4, -0.2) is 36.0 Å². The van der Waals surface area contributed by atoms with Crippen molar-refractivity contribution in [2.24, 2.45) is 4.99 Å². The molecule has 4 rings (SSSR count). The second-order valence-electron chi connectivity index (χ2n) is 6.99. The fraction of sp³-hybridized carbons (Fsp3) is 0.500. The van der Waals surface area contributed by atoms with Crippen molar-refractivity contribution < 1.29 is 9.47 Å². The third-order valence-corrected chi connectivity index (χ3v) is 5.03. The molecule has 0 bridgehead atoms. The molecule has 0 saturated heterocycles. The molecule has 2 aromatic rings. The zero-order valence-electron chi connectivity index (χ0n) is 16.2. The molecule has 1 aliphatic heterocycles. The van der Waals surface area contributed by atoms with Gasteiger partial charge in [0.05, 0.1) is 31.5 Å². The molecule has 0 spiro atoms. The molecule has 7 nitrogen and oxygen atoms in total. The number of ether oxygens (including phenoxy) is 2. The van der Waals surface area contributed by atoms with Gasteiger partial charge < -0.3 is 20.1 Å². The van der Waals surface area contributed by atoms with Gasteiger partial charge in [0.2, 0.25) is 0 Å². The number of aromatic nitrogens is 2. The van der Waals surface area contributed by atoms with E-state index in [0.717, 1.165) is 29.3 Å². The molecule has 1 aromatic carbocycles. The van der Waals surface area contributed by atoms with Crippen LogP contribution < -0.4 is 20.1 Å². The van der Waals surface area contributed by atoms with Crippen molar-refractivity contribution in [1.82, 2.24) is 15.1 Å². The highest BCUT2D eigenvalue weighted by Gasteiger charge is 2.17. The van der Waals surface area contributed by atoms with Crippen LogP contribution in [0.4, 0.5) is 5.69 Å². The number of rotatable bonds is 4. The quantitative estimate of drug-likeness (QED) is 0.380. The van der Waals surface area contributed by atoms with E-state index in [-0.39, 0.29) is 24.0 Å². The van der Waals surface area contributed by atoms with Crippen molar-refractivity contribution in [3.05, 3.63) is 36.2 Å². The van der Waals surface area contributed by atoms with Crippen LogP contribution in [0.2, 0.25) is 0 Å². The molecule has 152 valence electrons. The minimum atomic E-state index is 0. The molecular weight excluding hydrogens is 469 g/mol. The van der Waals surface area contributed by atoms with Crippen molar-refractivity contribution in [2.45, 2.75) is 44.7 Å². The van der Waals surface area contributed by atoms with Gasteiger partial charge in [-0.05, 0) is 31.0 Å². The predicted molar refractivity (Wildman–Crippen MR) is 121 cm³/mol. The van der Waals surface area contributed by atoms with Crippen LogP contribution in [0.1, 0.15) is 43.8 Å². The average molecular weight is 497 g/mol. The highest BCUT2D eigenvalue weighted by Crippen LogP contribution is 2.32. The summed E-state index contributed by atoms with van der Waals surface area (Å²) >= 11 is 0. The van der Waals surface area contributed by atoms with Gasteiger partial charge >= 0.3 is 0 Å². The van der Waals surface area contributed by atoms with E-state index in [2.05, 4.69) is 32.6 Å². The maximum atomic E-state index is 5.75. The molecule has 1 saturated carbocycles. The number of benzene rings is 1. The number of hydrogen-bond donors (Lipinski definition) is 2. The Bertz CT molecular complexity index is 802. The number of nitrogens with one attached hydrogen (secondary N) is 2. The summed E-state index contributed by atoms with van der Waals surface area (Å²) in [6, 6.07) is 8.49. The van der Waals surface area contributed by atoms with Gasteiger partial charge in [-0.25, -0.2) is 0 Å². The number of hydrogen-bond acceptors (Lipinski definition) is 4. The number of anilines is 1. The highest BCUT2D eigenvalue weighted by atomic mass is 127. The number of halogens is 1. The first-order valence-corrected chi connectivity index (χ1v) is 9.73. The summed E-state index contributed by atoms with van der Waals surface area (Å²) in [5.74, 6) is 2.25. The highest BCUT2D eigenvalue weighted by molar-refractivity contribution is 14.0. The Morgan fingerprint density at radius 1 is 1.14 bits per heavy atom. The van der Waals surface area contributed by atoms with E-state index in [1.165, 1.54) is 25.7 Å². The minimum absolute atomic E-state index is 0. The summed E-state index contributed by atoms with van der Waals surface area (Å²) in [6.45, 7) is 1.99. The molecule has 2 N–H and O–H groups in total. The van der Waals surface area contributed by atoms with Gasteiger partial charge in [-0.2, -0.15) is 5.10 Å². The first kappa shape index (κ1) is 20.8.